The van der Waals surface area contributed by atoms with Crippen LogP contribution in [0.15, 0.2) is 29.4 Å². The van der Waals surface area contributed by atoms with E-state index in [-0.39, 0.29) is 10.4 Å². The maximum atomic E-state index is 11.2. The molecule has 0 saturated carbocycles. The van der Waals surface area contributed by atoms with Crippen molar-refractivity contribution in [2.75, 3.05) is 6.26 Å². The van der Waals surface area contributed by atoms with Crippen molar-refractivity contribution in [1.29, 1.82) is 0 Å². The first-order valence-corrected chi connectivity index (χ1v) is 7.46. The number of hydrogen-bond acceptors (Lipinski definition) is 6. The Hall–Kier alpha value is -1.18. The summed E-state index contributed by atoms with van der Waals surface area (Å²) in [6.45, 7) is 0. The van der Waals surface area contributed by atoms with Crippen molar-refractivity contribution in [3.8, 4) is 10.9 Å². The summed E-state index contributed by atoms with van der Waals surface area (Å²) in [4.78, 5) is 3.76. The Kier molecular flexibility index (Phi) is 3.32. The van der Waals surface area contributed by atoms with Gasteiger partial charge in [-0.25, -0.2) is 8.42 Å². The topological polar surface area (TPSA) is 69.2 Å². The molecule has 0 saturated heterocycles. The molecular weight excluding hydrogens is 284 g/mol. The summed E-state index contributed by atoms with van der Waals surface area (Å²) >= 11 is 6.65. The van der Waals surface area contributed by atoms with E-state index in [4.69, 9.17) is 16.3 Å². The number of ether oxygens (including phenoxy) is 1. The van der Waals surface area contributed by atoms with Crippen LogP contribution in [0.25, 0.3) is 0 Å². The molecule has 0 unspecified atom stereocenters. The third kappa shape index (κ3) is 3.15. The van der Waals surface area contributed by atoms with Crippen molar-refractivity contribution < 1.29 is 13.2 Å². The van der Waals surface area contributed by atoms with Gasteiger partial charge in [-0.3, -0.25) is 0 Å². The zero-order valence-electron chi connectivity index (χ0n) is 8.62. The molecule has 0 spiro atoms. The minimum absolute atomic E-state index is 0.160. The van der Waals surface area contributed by atoms with Gasteiger partial charge in [-0.05, 0) is 18.2 Å². The summed E-state index contributed by atoms with van der Waals surface area (Å²) in [6, 6.07) is 6.71. The number of sulfone groups is 1. The van der Waals surface area contributed by atoms with Crippen LogP contribution in [0.1, 0.15) is 0 Å². The van der Waals surface area contributed by atoms with Crippen LogP contribution in [0.2, 0.25) is 5.02 Å². The highest BCUT2D eigenvalue weighted by atomic mass is 35.5. The molecule has 0 N–H and O–H groups in total. The van der Waals surface area contributed by atoms with E-state index in [1.165, 1.54) is 0 Å². The molecule has 17 heavy (non-hydrogen) atoms. The lowest BCUT2D eigenvalue weighted by Crippen LogP contribution is -1.99. The van der Waals surface area contributed by atoms with Gasteiger partial charge in [0, 0.05) is 22.8 Å². The Labute approximate surface area is 107 Å². The van der Waals surface area contributed by atoms with Crippen molar-refractivity contribution in [3.05, 3.63) is 29.3 Å². The highest BCUT2D eigenvalue weighted by Crippen LogP contribution is 2.26. The first kappa shape index (κ1) is 12.3. The van der Waals surface area contributed by atoms with E-state index in [1.54, 1.807) is 24.3 Å². The van der Waals surface area contributed by atoms with E-state index in [0.717, 1.165) is 17.8 Å². The van der Waals surface area contributed by atoms with Crippen LogP contribution in [0.5, 0.6) is 10.9 Å². The predicted octanol–water partition coefficient (Wildman–Crippen LogP) is 2.39. The van der Waals surface area contributed by atoms with Gasteiger partial charge < -0.3 is 4.74 Å². The van der Waals surface area contributed by atoms with E-state index in [9.17, 15) is 8.42 Å². The fourth-order valence-corrected chi connectivity index (χ4v) is 2.62. The average Bonchev–Trinajstić information content (AvgIpc) is 2.65. The molecule has 0 aliphatic carbocycles. The molecule has 0 bridgehead atoms. The molecule has 0 radical (unpaired) electrons. The molecule has 2 rings (SSSR count). The highest BCUT2D eigenvalue weighted by Gasteiger charge is 2.15. The maximum absolute atomic E-state index is 11.2. The van der Waals surface area contributed by atoms with Gasteiger partial charge in [0.25, 0.3) is 10.4 Å². The third-order valence-corrected chi connectivity index (χ3v) is 3.51. The number of aromatic nitrogens is 2. The summed E-state index contributed by atoms with van der Waals surface area (Å²) in [6.07, 6.45) is 1.04. The van der Waals surface area contributed by atoms with Gasteiger partial charge in [-0.1, -0.05) is 17.7 Å². The van der Waals surface area contributed by atoms with E-state index in [1.807, 2.05) is 0 Å². The normalized spacial score (nSPS) is 11.4. The van der Waals surface area contributed by atoms with Gasteiger partial charge in [-0.2, -0.15) is 9.36 Å². The van der Waals surface area contributed by atoms with Crippen LogP contribution >= 0.6 is 23.1 Å². The molecular formula is C9H7ClN2O3S2. The number of benzene rings is 1. The van der Waals surface area contributed by atoms with Crippen molar-refractivity contribution in [3.63, 3.8) is 0 Å². The maximum Gasteiger partial charge on any atom is 0.299 e. The molecule has 0 aliphatic heterocycles. The second-order valence-electron chi connectivity index (χ2n) is 3.17. The summed E-state index contributed by atoms with van der Waals surface area (Å²) in [5.41, 5.74) is 0. The Morgan fingerprint density at radius 2 is 2.18 bits per heavy atom. The standard InChI is InChI=1S/C9H7ClN2O3S2/c1-17(13,14)8-11-9(16-12-8)15-7-4-2-3-6(10)5-7/h2-5H,1H3. The lowest BCUT2D eigenvalue weighted by molar-refractivity contribution is 0.474. The average molecular weight is 291 g/mol. The highest BCUT2D eigenvalue weighted by molar-refractivity contribution is 7.90. The molecule has 2 aromatic rings. The fraction of sp³-hybridized carbons (Fsp3) is 0.111. The first-order chi connectivity index (χ1) is 7.95. The van der Waals surface area contributed by atoms with Crippen molar-refractivity contribution in [2.24, 2.45) is 0 Å². The molecule has 0 atom stereocenters. The quantitative estimate of drug-likeness (QED) is 0.868. The number of nitrogens with zero attached hydrogens (tertiary/aromatic N) is 2. The van der Waals surface area contributed by atoms with Gasteiger partial charge in [-0.15, -0.1) is 0 Å². The van der Waals surface area contributed by atoms with E-state index in [2.05, 4.69) is 9.36 Å². The zero-order chi connectivity index (χ0) is 12.5. The van der Waals surface area contributed by atoms with Crippen LogP contribution in [0, 0.1) is 0 Å². The van der Waals surface area contributed by atoms with Gasteiger partial charge >= 0.3 is 0 Å². The molecule has 1 heterocycles. The molecule has 0 aliphatic rings. The molecule has 5 nitrogen and oxygen atoms in total. The van der Waals surface area contributed by atoms with Crippen LogP contribution in [0.3, 0.4) is 0 Å². The zero-order valence-corrected chi connectivity index (χ0v) is 11.0. The van der Waals surface area contributed by atoms with E-state index >= 15 is 0 Å². The van der Waals surface area contributed by atoms with Crippen molar-refractivity contribution in [2.45, 2.75) is 5.16 Å². The molecule has 0 amide bonds. The second kappa shape index (κ2) is 4.59. The van der Waals surface area contributed by atoms with Crippen LogP contribution in [-0.4, -0.2) is 24.0 Å². The minimum Gasteiger partial charge on any atom is -0.430 e. The monoisotopic (exact) mass is 290 g/mol. The van der Waals surface area contributed by atoms with Crippen molar-refractivity contribution >= 4 is 33.0 Å². The predicted molar refractivity (Wildman–Crippen MR) is 64.5 cm³/mol. The second-order valence-corrected chi connectivity index (χ2v) is 6.23. The smallest absolute Gasteiger partial charge is 0.299 e. The van der Waals surface area contributed by atoms with Crippen LogP contribution in [0.4, 0.5) is 0 Å². The Balaban J connectivity index is 2.23. The Bertz CT molecular complexity index is 639. The van der Waals surface area contributed by atoms with Crippen LogP contribution in [-0.2, 0) is 9.84 Å². The number of rotatable bonds is 3. The molecule has 1 aromatic heterocycles. The molecule has 8 heteroatoms. The van der Waals surface area contributed by atoms with E-state index in [0.29, 0.717) is 10.8 Å². The Morgan fingerprint density at radius 3 is 2.76 bits per heavy atom. The Morgan fingerprint density at radius 1 is 1.41 bits per heavy atom. The third-order valence-electron chi connectivity index (χ3n) is 1.72. The largest absolute Gasteiger partial charge is 0.430 e. The number of halogens is 1. The van der Waals surface area contributed by atoms with E-state index < -0.39 is 9.84 Å². The van der Waals surface area contributed by atoms with Crippen LogP contribution < -0.4 is 4.74 Å². The van der Waals surface area contributed by atoms with Gasteiger partial charge in [0.15, 0.2) is 0 Å². The van der Waals surface area contributed by atoms with Gasteiger partial charge in [0.05, 0.1) is 0 Å². The molecule has 90 valence electrons. The number of hydrogen-bond donors (Lipinski definition) is 0. The minimum atomic E-state index is -3.40. The molecule has 1 aromatic carbocycles. The summed E-state index contributed by atoms with van der Waals surface area (Å²) in [5.74, 6) is 0.480. The van der Waals surface area contributed by atoms with Crippen molar-refractivity contribution in [1.82, 2.24) is 9.36 Å². The fourth-order valence-electron chi connectivity index (χ4n) is 1.02. The van der Waals surface area contributed by atoms with Gasteiger partial charge in [0.1, 0.15) is 5.75 Å². The lowest BCUT2D eigenvalue weighted by atomic mass is 10.3. The molecule has 0 fully saturated rings. The first-order valence-electron chi connectivity index (χ1n) is 4.42. The summed E-state index contributed by atoms with van der Waals surface area (Å²) in [7, 11) is -3.40. The SMILES string of the molecule is CS(=O)(=O)c1nsc(Oc2cccc(Cl)c2)n1. The van der Waals surface area contributed by atoms with Gasteiger partial charge in [0.2, 0.25) is 9.84 Å². The summed E-state index contributed by atoms with van der Waals surface area (Å²) < 4.78 is 31.3. The lowest BCUT2D eigenvalue weighted by Gasteiger charge is -2.00. The summed E-state index contributed by atoms with van der Waals surface area (Å²) in [5, 5.41) is 0.447.